The summed E-state index contributed by atoms with van der Waals surface area (Å²) in [5.74, 6) is -4.68. The van der Waals surface area contributed by atoms with Gasteiger partial charge in [0, 0.05) is 23.5 Å². The fraction of sp³-hybridized carbons (Fsp3) is 0.381. The number of carboxylic acids is 1. The topological polar surface area (TPSA) is 230 Å². The maximum absolute atomic E-state index is 13.1. The second kappa shape index (κ2) is 11.8. The molecule has 4 unspecified atom stereocenters. The second-order valence-corrected chi connectivity index (χ2v) is 7.74. The minimum atomic E-state index is -1.49. The summed E-state index contributed by atoms with van der Waals surface area (Å²) < 4.78 is 0. The average molecular weight is 476 g/mol. The highest BCUT2D eigenvalue weighted by Crippen LogP contribution is 2.19. The van der Waals surface area contributed by atoms with Crippen molar-refractivity contribution in [3.8, 4) is 0 Å². The molecular formula is C21H28N6O7. The zero-order valence-corrected chi connectivity index (χ0v) is 18.4. The number of nitrogens with two attached hydrogens (primary N) is 2. The van der Waals surface area contributed by atoms with Gasteiger partial charge in [0.05, 0.1) is 18.6 Å². The van der Waals surface area contributed by atoms with Crippen LogP contribution >= 0.6 is 0 Å². The Morgan fingerprint density at radius 1 is 1.06 bits per heavy atom. The number of amides is 4. The Hall–Kier alpha value is -3.97. The van der Waals surface area contributed by atoms with Crippen LogP contribution in [0.2, 0.25) is 0 Å². The summed E-state index contributed by atoms with van der Waals surface area (Å²) in [5.41, 5.74) is 12.2. The van der Waals surface area contributed by atoms with Crippen LogP contribution in [0.4, 0.5) is 0 Å². The molecule has 1 heterocycles. The third kappa shape index (κ3) is 7.28. The first-order valence-corrected chi connectivity index (χ1v) is 10.4. The molecule has 0 spiro atoms. The number of benzene rings is 1. The number of primary amides is 1. The molecule has 0 aliphatic heterocycles. The number of aliphatic hydroxyl groups is 1. The number of aromatic amines is 1. The average Bonchev–Trinajstić information content (AvgIpc) is 3.17. The van der Waals surface area contributed by atoms with Crippen molar-refractivity contribution in [2.24, 2.45) is 11.5 Å². The predicted octanol–water partition coefficient (Wildman–Crippen LogP) is -2.54. The number of carboxylic acid groups (broad SMARTS) is 1. The Kier molecular flexibility index (Phi) is 9.10. The summed E-state index contributed by atoms with van der Waals surface area (Å²) >= 11 is 0. The van der Waals surface area contributed by atoms with Crippen molar-refractivity contribution < 1.29 is 34.2 Å². The molecular weight excluding hydrogens is 448 g/mol. The van der Waals surface area contributed by atoms with Crippen molar-refractivity contribution in [2.45, 2.75) is 44.0 Å². The molecule has 0 radical (unpaired) electrons. The number of carbonyl (C=O) groups excluding carboxylic acids is 4. The Labute approximate surface area is 194 Å². The molecule has 10 N–H and O–H groups in total. The maximum Gasteiger partial charge on any atom is 0.322 e. The van der Waals surface area contributed by atoms with Crippen molar-refractivity contribution in [1.29, 1.82) is 0 Å². The summed E-state index contributed by atoms with van der Waals surface area (Å²) in [7, 11) is 0. The number of aliphatic carboxylic acids is 1. The zero-order chi connectivity index (χ0) is 25.4. The van der Waals surface area contributed by atoms with Crippen LogP contribution in [0.1, 0.15) is 18.9 Å². The number of fused-ring (bicyclic) bond motifs is 1. The van der Waals surface area contributed by atoms with E-state index < -0.39 is 66.8 Å². The minimum absolute atomic E-state index is 0.0197. The molecule has 0 saturated heterocycles. The molecule has 0 aliphatic carbocycles. The third-order valence-electron chi connectivity index (χ3n) is 4.97. The summed E-state index contributed by atoms with van der Waals surface area (Å²) in [6, 6.07) is 3.21. The van der Waals surface area contributed by atoms with E-state index in [4.69, 9.17) is 16.6 Å². The van der Waals surface area contributed by atoms with Gasteiger partial charge >= 0.3 is 5.97 Å². The first-order valence-electron chi connectivity index (χ1n) is 10.4. The van der Waals surface area contributed by atoms with Gasteiger partial charge in [0.15, 0.2) is 0 Å². The van der Waals surface area contributed by atoms with Crippen LogP contribution in [0.25, 0.3) is 10.9 Å². The van der Waals surface area contributed by atoms with E-state index in [0.29, 0.717) is 5.56 Å². The molecule has 0 saturated carbocycles. The van der Waals surface area contributed by atoms with Gasteiger partial charge in [-0.05, 0) is 18.6 Å². The Balaban J connectivity index is 2.26. The van der Waals surface area contributed by atoms with E-state index in [1.807, 2.05) is 18.2 Å². The van der Waals surface area contributed by atoms with Crippen LogP contribution in [-0.2, 0) is 30.4 Å². The van der Waals surface area contributed by atoms with Crippen LogP contribution in [0.3, 0.4) is 0 Å². The van der Waals surface area contributed by atoms with E-state index in [1.54, 1.807) is 12.3 Å². The van der Waals surface area contributed by atoms with Gasteiger partial charge in [-0.25, -0.2) is 0 Å². The van der Waals surface area contributed by atoms with Gasteiger partial charge in [-0.1, -0.05) is 18.2 Å². The van der Waals surface area contributed by atoms with Crippen molar-refractivity contribution in [1.82, 2.24) is 20.9 Å². The predicted molar refractivity (Wildman–Crippen MR) is 120 cm³/mol. The molecule has 4 atom stereocenters. The first-order chi connectivity index (χ1) is 16.0. The molecule has 0 bridgehead atoms. The molecule has 13 heteroatoms. The quantitative estimate of drug-likeness (QED) is 0.162. The molecule has 2 aromatic rings. The Bertz CT molecular complexity index is 1070. The van der Waals surface area contributed by atoms with Crippen molar-refractivity contribution in [3.63, 3.8) is 0 Å². The number of carbonyl (C=O) groups is 5. The summed E-state index contributed by atoms with van der Waals surface area (Å²) in [5, 5.41) is 26.4. The van der Waals surface area contributed by atoms with Crippen molar-refractivity contribution in [3.05, 3.63) is 36.0 Å². The van der Waals surface area contributed by atoms with Crippen LogP contribution in [0, 0.1) is 0 Å². The lowest BCUT2D eigenvalue weighted by Gasteiger charge is -2.25. The van der Waals surface area contributed by atoms with Gasteiger partial charge in [0.25, 0.3) is 0 Å². The molecule has 1 aromatic heterocycles. The molecule has 0 fully saturated rings. The van der Waals surface area contributed by atoms with Gasteiger partial charge in [-0.2, -0.15) is 0 Å². The first kappa shape index (κ1) is 26.3. The van der Waals surface area contributed by atoms with Gasteiger partial charge in [-0.3, -0.25) is 24.0 Å². The van der Waals surface area contributed by atoms with Crippen LogP contribution in [0.5, 0.6) is 0 Å². The number of aliphatic hydroxyl groups excluding tert-OH is 1. The van der Waals surface area contributed by atoms with Gasteiger partial charge in [0.1, 0.15) is 18.6 Å². The van der Waals surface area contributed by atoms with Gasteiger partial charge in [-0.15, -0.1) is 0 Å². The molecule has 184 valence electrons. The van der Waals surface area contributed by atoms with E-state index in [0.717, 1.165) is 10.9 Å². The van der Waals surface area contributed by atoms with Crippen molar-refractivity contribution in [2.75, 3.05) is 6.54 Å². The molecule has 1 aromatic carbocycles. The fourth-order valence-electron chi connectivity index (χ4n) is 3.25. The van der Waals surface area contributed by atoms with Gasteiger partial charge < -0.3 is 42.6 Å². The largest absolute Gasteiger partial charge is 0.480 e. The SMILES string of the molecule is CC(O)C(NC(=O)C(Cc1c[nH]c2ccccc12)NC(=O)C(N)CC(N)=O)C(=O)NCC(=O)O. The lowest BCUT2D eigenvalue weighted by molar-refractivity contribution is -0.139. The summed E-state index contributed by atoms with van der Waals surface area (Å²) in [6.07, 6.45) is -0.180. The number of aromatic nitrogens is 1. The zero-order valence-electron chi connectivity index (χ0n) is 18.4. The molecule has 13 nitrogen and oxygen atoms in total. The Morgan fingerprint density at radius 2 is 1.74 bits per heavy atom. The van der Waals surface area contributed by atoms with E-state index in [9.17, 15) is 29.1 Å². The van der Waals surface area contributed by atoms with E-state index in [-0.39, 0.29) is 6.42 Å². The van der Waals surface area contributed by atoms with Crippen molar-refractivity contribution >= 4 is 40.5 Å². The molecule has 0 aliphatic rings. The standard InChI is InChI=1S/C21H28N6O7/c1-10(28)18(21(34)25-9-17(30)31)27-20(33)15(26-19(32)13(22)7-16(23)29)6-11-8-24-14-5-3-2-4-12(11)14/h2-5,8,10,13,15,18,24,28H,6-7,9,22H2,1H3,(H2,23,29)(H,25,34)(H,26,32)(H,27,33)(H,30,31). The van der Waals surface area contributed by atoms with E-state index in [2.05, 4.69) is 20.9 Å². The van der Waals surface area contributed by atoms with Gasteiger partial charge in [0.2, 0.25) is 23.6 Å². The minimum Gasteiger partial charge on any atom is -0.480 e. The van der Waals surface area contributed by atoms with E-state index in [1.165, 1.54) is 6.92 Å². The number of nitrogens with one attached hydrogen (secondary N) is 4. The van der Waals surface area contributed by atoms with E-state index >= 15 is 0 Å². The highest BCUT2D eigenvalue weighted by Gasteiger charge is 2.31. The smallest absolute Gasteiger partial charge is 0.322 e. The summed E-state index contributed by atoms with van der Waals surface area (Å²) in [4.78, 5) is 62.7. The normalized spacial score (nSPS) is 14.4. The molecule has 34 heavy (non-hydrogen) atoms. The number of H-pyrrole nitrogens is 1. The molecule has 2 rings (SSSR count). The lowest BCUT2D eigenvalue weighted by Crippen LogP contribution is -2.59. The highest BCUT2D eigenvalue weighted by atomic mass is 16.4. The number of rotatable bonds is 12. The van der Waals surface area contributed by atoms with Crippen LogP contribution in [-0.4, -0.2) is 75.6 Å². The van der Waals surface area contributed by atoms with Crippen LogP contribution < -0.4 is 27.4 Å². The maximum atomic E-state index is 13.1. The third-order valence-corrected chi connectivity index (χ3v) is 4.97. The fourth-order valence-corrected chi connectivity index (χ4v) is 3.25. The summed E-state index contributed by atoms with van der Waals surface area (Å²) in [6.45, 7) is 0.525. The number of hydrogen-bond acceptors (Lipinski definition) is 7. The number of hydrogen-bond donors (Lipinski definition) is 8. The Morgan fingerprint density at radius 3 is 2.35 bits per heavy atom. The monoisotopic (exact) mass is 476 g/mol. The second-order valence-electron chi connectivity index (χ2n) is 7.74. The lowest BCUT2D eigenvalue weighted by atomic mass is 10.0. The number of para-hydroxylation sites is 1. The highest BCUT2D eigenvalue weighted by molar-refractivity contribution is 5.95. The van der Waals surface area contributed by atoms with Crippen LogP contribution in [0.15, 0.2) is 30.5 Å². The molecule has 4 amide bonds.